The van der Waals surface area contributed by atoms with Gasteiger partial charge in [-0.3, -0.25) is 4.79 Å². The van der Waals surface area contributed by atoms with Gasteiger partial charge in [-0.05, 0) is 25.0 Å². The van der Waals surface area contributed by atoms with Crippen LogP contribution < -0.4 is 5.32 Å². The van der Waals surface area contributed by atoms with Gasteiger partial charge in [0.05, 0.1) is 0 Å². The summed E-state index contributed by atoms with van der Waals surface area (Å²) in [7, 11) is 0. The van der Waals surface area contributed by atoms with Crippen LogP contribution in [0.4, 0.5) is 0 Å². The van der Waals surface area contributed by atoms with E-state index in [9.17, 15) is 4.79 Å². The molecule has 0 fully saturated rings. The van der Waals surface area contributed by atoms with Crippen molar-refractivity contribution in [3.63, 3.8) is 0 Å². The van der Waals surface area contributed by atoms with Crippen LogP contribution in [0.2, 0.25) is 0 Å². The highest BCUT2D eigenvalue weighted by molar-refractivity contribution is 9.10. The molecule has 16 heavy (non-hydrogen) atoms. The minimum atomic E-state index is -0.00222. The molecule has 0 aliphatic rings. The van der Waals surface area contributed by atoms with Crippen molar-refractivity contribution in [2.45, 2.75) is 26.8 Å². The van der Waals surface area contributed by atoms with Crippen LogP contribution in [0.3, 0.4) is 0 Å². The number of amides is 1. The minimum absolute atomic E-state index is 0.00222. The van der Waals surface area contributed by atoms with Crippen molar-refractivity contribution in [2.75, 3.05) is 0 Å². The van der Waals surface area contributed by atoms with Crippen LogP contribution in [0, 0.1) is 0 Å². The van der Waals surface area contributed by atoms with Crippen molar-refractivity contribution in [1.82, 2.24) is 5.32 Å². The van der Waals surface area contributed by atoms with Gasteiger partial charge in [0.25, 0.3) is 0 Å². The van der Waals surface area contributed by atoms with Crippen molar-refractivity contribution in [2.24, 2.45) is 0 Å². The Labute approximate surface area is 105 Å². The second-order valence-electron chi connectivity index (χ2n) is 3.57. The fraction of sp³-hybridized carbons (Fsp3) is 0.308. The summed E-state index contributed by atoms with van der Waals surface area (Å²) in [6.45, 7) is 4.40. The average molecular weight is 282 g/mol. The zero-order valence-corrected chi connectivity index (χ0v) is 11.2. The van der Waals surface area contributed by atoms with Crippen LogP contribution in [-0.2, 0) is 11.3 Å². The number of carbonyl (C=O) groups excluding carboxylic acids is 1. The molecule has 0 aliphatic carbocycles. The summed E-state index contributed by atoms with van der Waals surface area (Å²) in [5, 5.41) is 2.89. The predicted molar refractivity (Wildman–Crippen MR) is 70.0 cm³/mol. The molecular formula is C13H16BrNO. The summed E-state index contributed by atoms with van der Waals surface area (Å²) in [4.78, 5) is 11.6. The van der Waals surface area contributed by atoms with E-state index in [0.29, 0.717) is 6.54 Å². The quantitative estimate of drug-likeness (QED) is 0.842. The number of halogens is 1. The zero-order chi connectivity index (χ0) is 12.0. The molecule has 0 heterocycles. The number of rotatable bonds is 4. The summed E-state index contributed by atoms with van der Waals surface area (Å²) in [6.07, 6.45) is 2.81. The predicted octanol–water partition coefficient (Wildman–Crippen LogP) is 3.42. The maximum Gasteiger partial charge on any atom is 0.246 e. The van der Waals surface area contributed by atoms with Crippen molar-refractivity contribution in [3.05, 3.63) is 46.0 Å². The van der Waals surface area contributed by atoms with Gasteiger partial charge in [0, 0.05) is 16.6 Å². The summed E-state index contributed by atoms with van der Waals surface area (Å²) < 4.78 is 1.02. The van der Waals surface area contributed by atoms with Gasteiger partial charge in [-0.1, -0.05) is 47.1 Å². The lowest BCUT2D eigenvalue weighted by atomic mass is 10.2. The molecular weight excluding hydrogens is 266 g/mol. The van der Waals surface area contributed by atoms with Crippen molar-refractivity contribution in [3.8, 4) is 0 Å². The van der Waals surface area contributed by atoms with Crippen molar-refractivity contribution >= 4 is 21.8 Å². The topological polar surface area (TPSA) is 29.1 Å². The van der Waals surface area contributed by atoms with Gasteiger partial charge in [0.15, 0.2) is 0 Å². The summed E-state index contributed by atoms with van der Waals surface area (Å²) >= 11 is 3.45. The van der Waals surface area contributed by atoms with E-state index in [4.69, 9.17) is 0 Å². The first-order chi connectivity index (χ1) is 7.65. The fourth-order valence-corrected chi connectivity index (χ4v) is 1.78. The van der Waals surface area contributed by atoms with Crippen molar-refractivity contribution in [1.29, 1.82) is 0 Å². The molecule has 0 atom stereocenters. The Bertz CT molecular complexity index is 399. The average Bonchev–Trinajstić information content (AvgIpc) is 2.28. The van der Waals surface area contributed by atoms with E-state index in [1.807, 2.05) is 44.2 Å². The molecule has 2 nitrogen and oxygen atoms in total. The highest BCUT2D eigenvalue weighted by atomic mass is 79.9. The number of hydrogen-bond acceptors (Lipinski definition) is 1. The Hall–Kier alpha value is -1.09. The van der Waals surface area contributed by atoms with Gasteiger partial charge in [-0.2, -0.15) is 0 Å². The monoisotopic (exact) mass is 281 g/mol. The first-order valence-electron chi connectivity index (χ1n) is 5.33. The minimum Gasteiger partial charge on any atom is -0.348 e. The molecule has 0 aromatic heterocycles. The molecule has 1 aromatic rings. The lowest BCUT2D eigenvalue weighted by Gasteiger charge is -2.07. The number of hydrogen-bond donors (Lipinski definition) is 1. The van der Waals surface area contributed by atoms with Gasteiger partial charge >= 0.3 is 0 Å². The molecule has 1 rings (SSSR count). The first kappa shape index (κ1) is 13.0. The number of nitrogens with one attached hydrogen (secondary N) is 1. The SMILES string of the molecule is CCC=C(C)C(=O)NCc1ccccc1Br. The number of carbonyl (C=O) groups is 1. The normalized spacial score (nSPS) is 11.3. The fourth-order valence-electron chi connectivity index (χ4n) is 1.36. The molecule has 1 aromatic carbocycles. The largest absolute Gasteiger partial charge is 0.348 e. The molecule has 0 spiro atoms. The van der Waals surface area contributed by atoms with E-state index in [2.05, 4.69) is 21.2 Å². The number of allylic oxidation sites excluding steroid dienone is 1. The van der Waals surface area contributed by atoms with E-state index in [1.165, 1.54) is 0 Å². The van der Waals surface area contributed by atoms with E-state index in [1.54, 1.807) is 0 Å². The van der Waals surface area contributed by atoms with Gasteiger partial charge in [-0.15, -0.1) is 0 Å². The molecule has 1 amide bonds. The molecule has 3 heteroatoms. The van der Waals surface area contributed by atoms with Crippen LogP contribution in [-0.4, -0.2) is 5.91 Å². The van der Waals surface area contributed by atoms with E-state index >= 15 is 0 Å². The molecule has 86 valence electrons. The van der Waals surface area contributed by atoms with Gasteiger partial charge in [0.2, 0.25) is 5.91 Å². The third kappa shape index (κ3) is 3.81. The standard InChI is InChI=1S/C13H16BrNO/c1-3-6-10(2)13(16)15-9-11-7-4-5-8-12(11)14/h4-8H,3,9H2,1-2H3,(H,15,16). The molecule has 0 bridgehead atoms. The van der Waals surface area contributed by atoms with Crippen LogP contribution >= 0.6 is 15.9 Å². The molecule has 0 saturated carbocycles. The van der Waals surface area contributed by atoms with E-state index in [0.717, 1.165) is 22.0 Å². The highest BCUT2D eigenvalue weighted by Crippen LogP contribution is 2.15. The van der Waals surface area contributed by atoms with E-state index < -0.39 is 0 Å². The maximum atomic E-state index is 11.6. The third-order valence-electron chi connectivity index (χ3n) is 2.27. The van der Waals surface area contributed by atoms with E-state index in [-0.39, 0.29) is 5.91 Å². The Morgan fingerprint density at radius 2 is 2.12 bits per heavy atom. The Kier molecular flexibility index (Phi) is 5.26. The van der Waals surface area contributed by atoms with Gasteiger partial charge < -0.3 is 5.32 Å². The molecule has 1 N–H and O–H groups in total. The third-order valence-corrected chi connectivity index (χ3v) is 3.04. The summed E-state index contributed by atoms with van der Waals surface area (Å²) in [5.74, 6) is -0.00222. The Morgan fingerprint density at radius 1 is 1.44 bits per heavy atom. The van der Waals surface area contributed by atoms with Crippen LogP contribution in [0.25, 0.3) is 0 Å². The summed E-state index contributed by atoms with van der Waals surface area (Å²) in [6, 6.07) is 7.87. The smallest absolute Gasteiger partial charge is 0.246 e. The lowest BCUT2D eigenvalue weighted by molar-refractivity contribution is -0.117. The Morgan fingerprint density at radius 3 is 2.75 bits per heavy atom. The molecule has 0 radical (unpaired) electrons. The maximum absolute atomic E-state index is 11.6. The van der Waals surface area contributed by atoms with Gasteiger partial charge in [-0.25, -0.2) is 0 Å². The second kappa shape index (κ2) is 6.48. The second-order valence-corrected chi connectivity index (χ2v) is 4.42. The molecule has 0 aliphatic heterocycles. The lowest BCUT2D eigenvalue weighted by Crippen LogP contribution is -2.23. The number of benzene rings is 1. The van der Waals surface area contributed by atoms with Crippen LogP contribution in [0.5, 0.6) is 0 Å². The zero-order valence-electron chi connectivity index (χ0n) is 9.59. The van der Waals surface area contributed by atoms with Crippen molar-refractivity contribution < 1.29 is 4.79 Å². The summed E-state index contributed by atoms with van der Waals surface area (Å²) in [5.41, 5.74) is 1.86. The van der Waals surface area contributed by atoms with Crippen LogP contribution in [0.1, 0.15) is 25.8 Å². The van der Waals surface area contributed by atoms with Crippen LogP contribution in [0.15, 0.2) is 40.4 Å². The molecule has 0 saturated heterocycles. The highest BCUT2D eigenvalue weighted by Gasteiger charge is 2.04. The Balaban J connectivity index is 2.56. The molecule has 0 unspecified atom stereocenters. The van der Waals surface area contributed by atoms with Gasteiger partial charge in [0.1, 0.15) is 0 Å². The first-order valence-corrected chi connectivity index (χ1v) is 6.12.